The molecular weight excluding hydrogens is 471 g/mol. The van der Waals surface area contributed by atoms with Crippen molar-refractivity contribution in [3.63, 3.8) is 0 Å². The highest BCUT2D eigenvalue weighted by atomic mass is 35.6. The molecule has 0 aliphatic heterocycles. The number of nitrogens with zero attached hydrogens (tertiary/aromatic N) is 3. The molecule has 3 nitrogen and oxygen atoms in total. The number of alkyl halides is 6. The van der Waals surface area contributed by atoms with Gasteiger partial charge in [0, 0.05) is 0 Å². The van der Waals surface area contributed by atoms with Crippen LogP contribution in [0, 0.1) is 6.92 Å². The van der Waals surface area contributed by atoms with Gasteiger partial charge < -0.3 is 0 Å². The van der Waals surface area contributed by atoms with E-state index in [0.717, 1.165) is 16.3 Å². The van der Waals surface area contributed by atoms with Crippen LogP contribution < -0.4 is 0 Å². The van der Waals surface area contributed by atoms with Crippen molar-refractivity contribution >= 4 is 92.5 Å². The molecule has 0 saturated heterocycles. The second kappa shape index (κ2) is 7.90. The zero-order valence-electron chi connectivity index (χ0n) is 13.7. The summed E-state index contributed by atoms with van der Waals surface area (Å²) in [5, 5.41) is 2.24. The molecule has 27 heavy (non-hydrogen) atoms. The Morgan fingerprint density at radius 3 is 1.81 bits per heavy atom. The SMILES string of the molecule is Cc1ccc(C=Cc2nc(C(Cl)(Cl)Cl)nc(C(Cl)(Cl)Cl)n2)c2ccccc12. The van der Waals surface area contributed by atoms with Crippen LogP contribution in [-0.4, -0.2) is 15.0 Å². The molecule has 0 spiro atoms. The van der Waals surface area contributed by atoms with Crippen molar-refractivity contribution in [2.75, 3.05) is 0 Å². The van der Waals surface area contributed by atoms with E-state index in [4.69, 9.17) is 69.6 Å². The summed E-state index contributed by atoms with van der Waals surface area (Å²) in [7, 11) is 0. The molecule has 0 unspecified atom stereocenters. The van der Waals surface area contributed by atoms with Crippen molar-refractivity contribution < 1.29 is 0 Å². The van der Waals surface area contributed by atoms with Gasteiger partial charge in [-0.2, -0.15) is 0 Å². The first kappa shape index (κ1) is 20.9. The van der Waals surface area contributed by atoms with Gasteiger partial charge in [-0.05, 0) is 34.9 Å². The monoisotopic (exact) mass is 479 g/mol. The first-order chi connectivity index (χ1) is 12.6. The summed E-state index contributed by atoms with van der Waals surface area (Å²) in [6, 6.07) is 12.1. The van der Waals surface area contributed by atoms with Crippen molar-refractivity contribution in [2.24, 2.45) is 0 Å². The van der Waals surface area contributed by atoms with Crippen LogP contribution >= 0.6 is 69.6 Å². The Labute approximate surface area is 186 Å². The van der Waals surface area contributed by atoms with Crippen molar-refractivity contribution in [1.82, 2.24) is 15.0 Å². The minimum absolute atomic E-state index is 0.128. The first-order valence-electron chi connectivity index (χ1n) is 7.62. The lowest BCUT2D eigenvalue weighted by atomic mass is 10.00. The third kappa shape index (κ3) is 4.97. The molecular formula is C18H11Cl6N3. The topological polar surface area (TPSA) is 38.7 Å². The molecule has 0 saturated carbocycles. The van der Waals surface area contributed by atoms with Gasteiger partial charge in [0.1, 0.15) is 0 Å². The van der Waals surface area contributed by atoms with E-state index in [9.17, 15) is 0 Å². The minimum atomic E-state index is -1.88. The molecule has 0 aliphatic carbocycles. The highest BCUT2D eigenvalue weighted by Crippen LogP contribution is 2.40. The molecule has 0 fully saturated rings. The van der Waals surface area contributed by atoms with Crippen LogP contribution in [0.25, 0.3) is 22.9 Å². The second-order valence-electron chi connectivity index (χ2n) is 5.69. The third-order valence-corrected chi connectivity index (χ3v) is 4.76. The van der Waals surface area contributed by atoms with E-state index in [-0.39, 0.29) is 17.5 Å². The number of fused-ring (bicyclic) bond motifs is 1. The largest absolute Gasteiger partial charge is 0.250 e. The van der Waals surface area contributed by atoms with Crippen molar-refractivity contribution in [3.8, 4) is 0 Å². The molecule has 140 valence electrons. The lowest BCUT2D eigenvalue weighted by Crippen LogP contribution is -2.16. The zero-order chi connectivity index (χ0) is 19.8. The van der Waals surface area contributed by atoms with Crippen LogP contribution in [0.1, 0.15) is 28.6 Å². The summed E-state index contributed by atoms with van der Waals surface area (Å²) < 4.78 is -3.76. The van der Waals surface area contributed by atoms with E-state index in [0.29, 0.717) is 0 Å². The van der Waals surface area contributed by atoms with Crippen molar-refractivity contribution in [1.29, 1.82) is 0 Å². The Hall–Kier alpha value is -0.810. The fourth-order valence-electron chi connectivity index (χ4n) is 2.50. The molecule has 0 amide bonds. The maximum Gasteiger partial charge on any atom is 0.250 e. The number of hydrogen-bond donors (Lipinski definition) is 0. The highest BCUT2D eigenvalue weighted by Gasteiger charge is 2.33. The Bertz CT molecular complexity index is 990. The molecule has 3 aromatic rings. The fourth-order valence-corrected chi connectivity index (χ4v) is 3.01. The standard InChI is InChI=1S/C18H11Cl6N3/c1-10-6-7-11(13-5-3-2-4-12(10)13)8-9-14-25-15(17(19,20)21)27-16(26-14)18(22,23)24/h2-9H,1H3. The van der Waals surface area contributed by atoms with Crippen LogP contribution in [0.4, 0.5) is 0 Å². The van der Waals surface area contributed by atoms with Crippen LogP contribution in [0.3, 0.4) is 0 Å². The lowest BCUT2D eigenvalue weighted by molar-refractivity contribution is 0.835. The predicted molar refractivity (Wildman–Crippen MR) is 116 cm³/mol. The number of halogens is 6. The van der Waals surface area contributed by atoms with E-state index in [1.807, 2.05) is 36.4 Å². The minimum Gasteiger partial charge on any atom is -0.209 e. The van der Waals surface area contributed by atoms with Gasteiger partial charge >= 0.3 is 0 Å². The molecule has 2 aromatic carbocycles. The van der Waals surface area contributed by atoms with Crippen LogP contribution in [0.5, 0.6) is 0 Å². The molecule has 0 bridgehead atoms. The summed E-state index contributed by atoms with van der Waals surface area (Å²) in [5.41, 5.74) is 2.15. The van der Waals surface area contributed by atoms with Gasteiger partial charge in [0.05, 0.1) is 0 Å². The van der Waals surface area contributed by atoms with Crippen molar-refractivity contribution in [2.45, 2.75) is 14.5 Å². The molecule has 9 heteroatoms. The maximum absolute atomic E-state index is 5.89. The van der Waals surface area contributed by atoms with Gasteiger partial charge in [0.2, 0.25) is 7.59 Å². The van der Waals surface area contributed by atoms with Gasteiger partial charge in [-0.3, -0.25) is 0 Å². The molecule has 1 aromatic heterocycles. The van der Waals surface area contributed by atoms with E-state index in [1.165, 1.54) is 5.56 Å². The second-order valence-corrected chi connectivity index (χ2v) is 10.2. The van der Waals surface area contributed by atoms with E-state index in [1.54, 1.807) is 6.08 Å². The highest BCUT2D eigenvalue weighted by molar-refractivity contribution is 6.67. The van der Waals surface area contributed by atoms with Gasteiger partial charge in [-0.25, -0.2) is 15.0 Å². The van der Waals surface area contributed by atoms with E-state index in [2.05, 4.69) is 27.9 Å². The average molecular weight is 482 g/mol. The van der Waals surface area contributed by atoms with Crippen LogP contribution in [0.2, 0.25) is 0 Å². The summed E-state index contributed by atoms with van der Waals surface area (Å²) in [5.74, 6) is -0.0493. The molecule has 0 aliphatic rings. The van der Waals surface area contributed by atoms with Crippen LogP contribution in [-0.2, 0) is 7.59 Å². The Kier molecular flexibility index (Phi) is 6.12. The maximum atomic E-state index is 5.89. The number of benzene rings is 2. The summed E-state index contributed by atoms with van der Waals surface area (Å²) in [6.45, 7) is 2.06. The van der Waals surface area contributed by atoms with Gasteiger partial charge in [0.15, 0.2) is 17.5 Å². The van der Waals surface area contributed by atoms with Gasteiger partial charge in [-0.1, -0.05) is 112 Å². The number of aryl methyl sites for hydroxylation is 1. The van der Waals surface area contributed by atoms with Gasteiger partial charge in [-0.15, -0.1) is 0 Å². The molecule has 1 heterocycles. The average Bonchev–Trinajstić information content (AvgIpc) is 2.60. The number of hydrogen-bond acceptors (Lipinski definition) is 3. The summed E-state index contributed by atoms with van der Waals surface area (Å²) >= 11 is 35.3. The first-order valence-corrected chi connectivity index (χ1v) is 9.89. The molecule has 0 atom stereocenters. The lowest BCUT2D eigenvalue weighted by Gasteiger charge is -2.14. The van der Waals surface area contributed by atoms with E-state index < -0.39 is 7.59 Å². The normalized spacial score (nSPS) is 12.9. The third-order valence-electron chi connectivity index (χ3n) is 3.75. The molecule has 0 N–H and O–H groups in total. The number of aromatic nitrogens is 3. The smallest absolute Gasteiger partial charge is 0.209 e. The fraction of sp³-hybridized carbons (Fsp3) is 0.167. The summed E-state index contributed by atoms with van der Waals surface area (Å²) in [4.78, 5) is 12.2. The van der Waals surface area contributed by atoms with Crippen molar-refractivity contribution in [3.05, 3.63) is 65.0 Å². The molecule has 0 radical (unpaired) electrons. The van der Waals surface area contributed by atoms with E-state index >= 15 is 0 Å². The predicted octanol–water partition coefficient (Wildman–Crippen LogP) is 7.16. The zero-order valence-corrected chi connectivity index (χ0v) is 18.3. The Morgan fingerprint density at radius 2 is 1.26 bits per heavy atom. The number of rotatable bonds is 2. The Morgan fingerprint density at radius 1 is 0.704 bits per heavy atom. The summed E-state index contributed by atoms with van der Waals surface area (Å²) in [6.07, 6.45) is 3.50. The van der Waals surface area contributed by atoms with Crippen LogP contribution in [0.15, 0.2) is 36.4 Å². The Balaban J connectivity index is 2.09. The van der Waals surface area contributed by atoms with Gasteiger partial charge in [0.25, 0.3) is 0 Å². The quantitative estimate of drug-likeness (QED) is 0.364. The molecule has 3 rings (SSSR count).